The number of ether oxygens (including phenoxy) is 1. The molecule has 0 radical (unpaired) electrons. The summed E-state index contributed by atoms with van der Waals surface area (Å²) in [7, 11) is 1.30. The zero-order valence-electron chi connectivity index (χ0n) is 14.4. The topological polar surface area (TPSA) is 88.5 Å². The molecule has 2 N–H and O–H groups in total. The normalized spacial score (nSPS) is 10.7. The Labute approximate surface area is 164 Å². The van der Waals surface area contributed by atoms with Crippen LogP contribution in [-0.2, 0) is 0 Å². The Kier molecular flexibility index (Phi) is 5.50. The van der Waals surface area contributed by atoms with Crippen LogP contribution in [0.2, 0.25) is 0 Å². The molecule has 0 saturated heterocycles. The molecule has 3 rings (SSSR count). The monoisotopic (exact) mass is 426 g/mol. The maximum atomic E-state index is 14.5. The second-order valence-electron chi connectivity index (χ2n) is 5.53. The zero-order valence-corrected chi connectivity index (χ0v) is 15.2. The van der Waals surface area contributed by atoms with E-state index in [-0.39, 0.29) is 11.3 Å². The quantitative estimate of drug-likeness (QED) is 0.469. The number of carboxylic acids is 1. The predicted molar refractivity (Wildman–Crippen MR) is 95.3 cm³/mol. The number of aromatic nitrogens is 1. The summed E-state index contributed by atoms with van der Waals surface area (Å²) < 4.78 is 62.9. The van der Waals surface area contributed by atoms with Gasteiger partial charge in [0.05, 0.1) is 18.2 Å². The molecule has 0 aliphatic heterocycles. The van der Waals surface area contributed by atoms with Crippen LogP contribution in [0.25, 0.3) is 11.1 Å². The molecule has 0 bridgehead atoms. The first-order chi connectivity index (χ1) is 13.8. The van der Waals surface area contributed by atoms with Crippen molar-refractivity contribution in [2.24, 2.45) is 0 Å². The Morgan fingerprint density at radius 1 is 1.10 bits per heavy atom. The number of hydrogen-bond donors (Lipinski definition) is 2. The van der Waals surface area contributed by atoms with Crippen molar-refractivity contribution in [1.29, 1.82) is 0 Å². The minimum absolute atomic E-state index is 0.192. The molecule has 29 heavy (non-hydrogen) atoms. The lowest BCUT2D eigenvalue weighted by molar-refractivity contribution is 0.0697. The number of thiazole rings is 1. The number of methoxy groups -OCH3 is 1. The first-order valence-electron chi connectivity index (χ1n) is 7.74. The number of halogens is 4. The summed E-state index contributed by atoms with van der Waals surface area (Å²) >= 11 is 0.595. The van der Waals surface area contributed by atoms with Crippen LogP contribution in [0.1, 0.15) is 20.2 Å². The zero-order chi connectivity index (χ0) is 21.3. The van der Waals surface area contributed by atoms with E-state index in [1.54, 1.807) is 5.32 Å². The number of amides is 1. The molecule has 11 heteroatoms. The summed E-state index contributed by atoms with van der Waals surface area (Å²) in [5.41, 5.74) is -2.21. The standard InChI is InChI=1S/C18H10F4N2O4S/c1-28-8-4-2-3-7(5-8)9-10(19)12(21)14(13(22)11(9)20)24-17(25)15-16(18(26)27)29-6-23-15/h2-6H,1H3,(H,24,25)(H,26,27). The average molecular weight is 426 g/mol. The lowest BCUT2D eigenvalue weighted by Gasteiger charge is -2.13. The summed E-state index contributed by atoms with van der Waals surface area (Å²) in [6, 6.07) is 5.23. The van der Waals surface area contributed by atoms with Crippen LogP contribution in [0.15, 0.2) is 29.8 Å². The molecule has 0 spiro atoms. The van der Waals surface area contributed by atoms with E-state index in [4.69, 9.17) is 9.84 Å². The van der Waals surface area contributed by atoms with Gasteiger partial charge in [0.15, 0.2) is 29.0 Å². The third kappa shape index (κ3) is 3.63. The highest BCUT2D eigenvalue weighted by atomic mass is 32.1. The van der Waals surface area contributed by atoms with Crippen molar-refractivity contribution in [3.05, 3.63) is 63.6 Å². The molecule has 0 atom stereocenters. The van der Waals surface area contributed by atoms with Crippen molar-refractivity contribution in [3.63, 3.8) is 0 Å². The van der Waals surface area contributed by atoms with Gasteiger partial charge in [0.1, 0.15) is 16.3 Å². The highest BCUT2D eigenvalue weighted by Crippen LogP contribution is 2.36. The molecule has 1 heterocycles. The Bertz CT molecular complexity index is 1100. The number of nitrogens with one attached hydrogen (secondary N) is 1. The lowest BCUT2D eigenvalue weighted by atomic mass is 10.0. The molecule has 1 aromatic heterocycles. The largest absolute Gasteiger partial charge is 0.497 e. The fraction of sp³-hybridized carbons (Fsp3) is 0.0556. The summed E-state index contributed by atoms with van der Waals surface area (Å²) in [5, 5.41) is 10.6. The Balaban J connectivity index is 2.07. The molecule has 2 aromatic carbocycles. The van der Waals surface area contributed by atoms with Gasteiger partial charge in [-0.3, -0.25) is 4.79 Å². The number of carboxylic acid groups (broad SMARTS) is 1. The second kappa shape index (κ2) is 7.87. The maximum Gasteiger partial charge on any atom is 0.348 e. The SMILES string of the molecule is COc1cccc(-c2c(F)c(F)c(NC(=O)c3ncsc3C(=O)O)c(F)c2F)c1. The first kappa shape index (κ1) is 20.3. The van der Waals surface area contributed by atoms with E-state index >= 15 is 0 Å². The molecule has 0 fully saturated rings. The molecule has 0 saturated carbocycles. The maximum absolute atomic E-state index is 14.5. The fourth-order valence-electron chi connectivity index (χ4n) is 2.51. The predicted octanol–water partition coefficient (Wildman–Crippen LogP) is 4.33. The highest BCUT2D eigenvalue weighted by Gasteiger charge is 2.29. The van der Waals surface area contributed by atoms with E-state index in [1.165, 1.54) is 31.4 Å². The van der Waals surface area contributed by atoms with Gasteiger partial charge in [0.2, 0.25) is 0 Å². The second-order valence-corrected chi connectivity index (χ2v) is 6.38. The number of carbonyl (C=O) groups is 2. The molecule has 0 aliphatic rings. The van der Waals surface area contributed by atoms with Gasteiger partial charge in [-0.05, 0) is 17.7 Å². The van der Waals surface area contributed by atoms with Crippen molar-refractivity contribution in [2.45, 2.75) is 0 Å². The van der Waals surface area contributed by atoms with Crippen LogP contribution in [-0.4, -0.2) is 29.1 Å². The van der Waals surface area contributed by atoms with Gasteiger partial charge < -0.3 is 15.2 Å². The summed E-state index contributed by atoms with van der Waals surface area (Å²) in [4.78, 5) is 26.2. The van der Waals surface area contributed by atoms with Gasteiger partial charge in [-0.2, -0.15) is 0 Å². The minimum Gasteiger partial charge on any atom is -0.497 e. The number of aromatic carboxylic acids is 1. The van der Waals surface area contributed by atoms with Crippen molar-refractivity contribution < 1.29 is 37.0 Å². The number of anilines is 1. The van der Waals surface area contributed by atoms with Crippen molar-refractivity contribution in [1.82, 2.24) is 4.98 Å². The van der Waals surface area contributed by atoms with Gasteiger partial charge >= 0.3 is 5.97 Å². The third-order valence-electron chi connectivity index (χ3n) is 3.84. The van der Waals surface area contributed by atoms with Crippen LogP contribution in [0.4, 0.5) is 23.2 Å². The van der Waals surface area contributed by atoms with Crippen LogP contribution >= 0.6 is 11.3 Å². The molecule has 3 aromatic rings. The first-order valence-corrected chi connectivity index (χ1v) is 8.62. The molecule has 0 aliphatic carbocycles. The number of nitrogens with zero attached hydrogens (tertiary/aromatic N) is 1. The number of rotatable bonds is 5. The van der Waals surface area contributed by atoms with Gasteiger partial charge in [-0.15, -0.1) is 11.3 Å². The minimum atomic E-state index is -1.86. The highest BCUT2D eigenvalue weighted by molar-refractivity contribution is 7.12. The summed E-state index contributed by atoms with van der Waals surface area (Å²) in [6.45, 7) is 0. The van der Waals surface area contributed by atoms with Crippen LogP contribution in [0.3, 0.4) is 0 Å². The van der Waals surface area contributed by atoms with Crippen LogP contribution in [0, 0.1) is 23.3 Å². The van der Waals surface area contributed by atoms with Crippen molar-refractivity contribution in [3.8, 4) is 16.9 Å². The van der Waals surface area contributed by atoms with E-state index in [1.807, 2.05) is 0 Å². The summed E-state index contributed by atoms with van der Waals surface area (Å²) in [6.07, 6.45) is 0. The Morgan fingerprint density at radius 3 is 2.34 bits per heavy atom. The lowest BCUT2D eigenvalue weighted by Crippen LogP contribution is -2.19. The van der Waals surface area contributed by atoms with E-state index in [0.29, 0.717) is 11.3 Å². The van der Waals surface area contributed by atoms with E-state index in [2.05, 4.69) is 4.98 Å². The molecule has 1 amide bonds. The van der Waals surface area contributed by atoms with E-state index in [0.717, 1.165) is 5.51 Å². The molecular formula is C18H10F4N2O4S. The average Bonchev–Trinajstić information content (AvgIpc) is 3.20. The Morgan fingerprint density at radius 2 is 1.76 bits per heavy atom. The number of carbonyl (C=O) groups excluding carboxylic acids is 1. The fourth-order valence-corrected chi connectivity index (χ4v) is 3.13. The van der Waals surface area contributed by atoms with E-state index in [9.17, 15) is 27.2 Å². The number of benzene rings is 2. The molecule has 150 valence electrons. The van der Waals surface area contributed by atoms with Gasteiger partial charge in [0, 0.05) is 0 Å². The molecule has 0 unspecified atom stereocenters. The summed E-state index contributed by atoms with van der Waals surface area (Å²) in [5.74, 6) is -9.85. The third-order valence-corrected chi connectivity index (χ3v) is 4.65. The molecular weight excluding hydrogens is 416 g/mol. The van der Waals surface area contributed by atoms with Gasteiger partial charge in [-0.1, -0.05) is 12.1 Å². The van der Waals surface area contributed by atoms with Gasteiger partial charge in [0.25, 0.3) is 5.91 Å². The van der Waals surface area contributed by atoms with Crippen LogP contribution < -0.4 is 10.1 Å². The van der Waals surface area contributed by atoms with E-state index < -0.39 is 57.0 Å². The van der Waals surface area contributed by atoms with Crippen molar-refractivity contribution in [2.75, 3.05) is 12.4 Å². The Hall–Kier alpha value is -3.47. The van der Waals surface area contributed by atoms with Crippen molar-refractivity contribution >= 4 is 28.9 Å². The van der Waals surface area contributed by atoms with Crippen LogP contribution in [0.5, 0.6) is 5.75 Å². The smallest absolute Gasteiger partial charge is 0.348 e. The molecule has 6 nitrogen and oxygen atoms in total. The number of hydrogen-bond acceptors (Lipinski definition) is 5. The van der Waals surface area contributed by atoms with Gasteiger partial charge in [-0.25, -0.2) is 27.3 Å².